The lowest BCUT2D eigenvalue weighted by molar-refractivity contribution is 0.270. The molecule has 0 atom stereocenters. The minimum absolute atomic E-state index is 0.674. The van der Waals surface area contributed by atoms with Crippen LogP contribution in [0.5, 0.6) is 0 Å². The zero-order chi connectivity index (χ0) is 5.82. The van der Waals surface area contributed by atoms with Gasteiger partial charge in [0.1, 0.15) is 6.61 Å². The first-order valence-corrected chi connectivity index (χ1v) is 2.58. The molecule has 0 fully saturated rings. The van der Waals surface area contributed by atoms with Crippen molar-refractivity contribution in [2.75, 3.05) is 13.7 Å². The Morgan fingerprint density at radius 1 is 1.75 bits per heavy atom. The molecule has 8 heavy (non-hydrogen) atoms. The highest BCUT2D eigenvalue weighted by atomic mass is 16.5. The van der Waals surface area contributed by atoms with Gasteiger partial charge in [-0.25, -0.2) is 0 Å². The van der Waals surface area contributed by atoms with Crippen LogP contribution in [0.1, 0.15) is 0 Å². The molecule has 0 amide bonds. The van der Waals surface area contributed by atoms with Crippen molar-refractivity contribution in [1.29, 1.82) is 0 Å². The minimum Gasteiger partial charge on any atom is -0.495 e. The number of rotatable bonds is 1. The van der Waals surface area contributed by atoms with Gasteiger partial charge < -0.3 is 10.1 Å². The predicted octanol–water partition coefficient (Wildman–Crippen LogP) is 0.634. The van der Waals surface area contributed by atoms with Crippen LogP contribution >= 0.6 is 0 Å². The van der Waals surface area contributed by atoms with Crippen molar-refractivity contribution in [2.45, 2.75) is 0 Å². The van der Waals surface area contributed by atoms with Crippen LogP contribution in [0.25, 0.3) is 0 Å². The largest absolute Gasteiger partial charge is 0.495 e. The van der Waals surface area contributed by atoms with E-state index in [0.29, 0.717) is 6.61 Å². The lowest BCUT2D eigenvalue weighted by Gasteiger charge is -2.07. The Morgan fingerprint density at radius 3 is 3.00 bits per heavy atom. The van der Waals surface area contributed by atoms with Crippen molar-refractivity contribution in [3.8, 4) is 0 Å². The summed E-state index contributed by atoms with van der Waals surface area (Å²) in [6, 6.07) is 0. The number of nitrogens with one attached hydrogen (secondary N) is 1. The molecule has 0 saturated heterocycles. The zero-order valence-corrected chi connectivity index (χ0v) is 4.85. The lowest BCUT2D eigenvalue weighted by atomic mass is 10.4. The molecule has 0 aliphatic carbocycles. The highest BCUT2D eigenvalue weighted by Crippen LogP contribution is 1.96. The van der Waals surface area contributed by atoms with Gasteiger partial charge in [0.25, 0.3) is 0 Å². The molecule has 1 aliphatic heterocycles. The Labute approximate surface area is 48.8 Å². The Bertz CT molecular complexity index is 126. The summed E-state index contributed by atoms with van der Waals surface area (Å²) < 4.78 is 4.96. The van der Waals surface area contributed by atoms with Gasteiger partial charge in [-0.1, -0.05) is 0 Å². The highest BCUT2D eigenvalue weighted by molar-refractivity contribution is 5.12. The zero-order valence-electron chi connectivity index (χ0n) is 4.85. The average Bonchev–Trinajstić information content (AvgIpc) is 1.90. The van der Waals surface area contributed by atoms with Crippen LogP contribution in [0.15, 0.2) is 24.1 Å². The molecule has 0 radical (unpaired) electrons. The van der Waals surface area contributed by atoms with E-state index in [2.05, 4.69) is 5.32 Å². The average molecular weight is 111 g/mol. The highest BCUT2D eigenvalue weighted by Gasteiger charge is 1.92. The summed E-state index contributed by atoms with van der Waals surface area (Å²) in [6.07, 6.45) is 5.54. The summed E-state index contributed by atoms with van der Waals surface area (Å²) >= 11 is 0. The topological polar surface area (TPSA) is 21.3 Å². The predicted molar refractivity (Wildman–Crippen MR) is 32.2 cm³/mol. The maximum Gasteiger partial charge on any atom is 0.127 e. The standard InChI is InChI=1S/C6H9NO/c1-7-6-3-2-4-8-5-6/h2-4,7H,5H2,1H3. The Morgan fingerprint density at radius 2 is 2.62 bits per heavy atom. The molecule has 1 heterocycles. The second-order valence-corrected chi connectivity index (χ2v) is 1.58. The van der Waals surface area contributed by atoms with Crippen LogP contribution in [0, 0.1) is 0 Å². The second-order valence-electron chi connectivity index (χ2n) is 1.58. The molecule has 2 nitrogen and oxygen atoms in total. The van der Waals surface area contributed by atoms with Gasteiger partial charge in [-0.15, -0.1) is 0 Å². The fourth-order valence-electron chi connectivity index (χ4n) is 0.552. The van der Waals surface area contributed by atoms with Gasteiger partial charge in [0.2, 0.25) is 0 Å². The van der Waals surface area contributed by atoms with Crippen LogP contribution < -0.4 is 5.32 Å². The van der Waals surface area contributed by atoms with Crippen LogP contribution in [0.4, 0.5) is 0 Å². The molecule has 2 heteroatoms. The molecule has 1 aliphatic rings. The van der Waals surface area contributed by atoms with E-state index in [1.54, 1.807) is 6.26 Å². The Hall–Kier alpha value is -0.920. The van der Waals surface area contributed by atoms with Crippen molar-refractivity contribution < 1.29 is 4.74 Å². The van der Waals surface area contributed by atoms with Gasteiger partial charge in [-0.2, -0.15) is 0 Å². The van der Waals surface area contributed by atoms with Gasteiger partial charge in [0.15, 0.2) is 0 Å². The van der Waals surface area contributed by atoms with E-state index in [1.165, 1.54) is 0 Å². The molecule has 0 spiro atoms. The second kappa shape index (κ2) is 2.40. The summed E-state index contributed by atoms with van der Waals surface area (Å²) in [7, 11) is 1.88. The number of likely N-dealkylation sites (N-methyl/N-ethyl adjacent to an activating group) is 1. The Balaban J connectivity index is 2.50. The molecular formula is C6H9NO. The summed E-state index contributed by atoms with van der Waals surface area (Å²) in [5.74, 6) is 0. The van der Waals surface area contributed by atoms with E-state index >= 15 is 0 Å². The van der Waals surface area contributed by atoms with Crippen molar-refractivity contribution in [1.82, 2.24) is 5.32 Å². The van der Waals surface area contributed by atoms with Crippen molar-refractivity contribution in [3.05, 3.63) is 24.1 Å². The summed E-state index contributed by atoms with van der Waals surface area (Å²) in [6.45, 7) is 0.674. The van der Waals surface area contributed by atoms with Crippen molar-refractivity contribution >= 4 is 0 Å². The maximum absolute atomic E-state index is 4.96. The first-order chi connectivity index (χ1) is 3.93. The van der Waals surface area contributed by atoms with Gasteiger partial charge in [0.05, 0.1) is 6.26 Å². The first kappa shape index (κ1) is 5.22. The van der Waals surface area contributed by atoms with Gasteiger partial charge in [-0.05, 0) is 12.2 Å². The molecule has 1 N–H and O–H groups in total. The van der Waals surface area contributed by atoms with E-state index in [1.807, 2.05) is 19.2 Å². The van der Waals surface area contributed by atoms with Gasteiger partial charge >= 0.3 is 0 Å². The van der Waals surface area contributed by atoms with Gasteiger partial charge in [-0.3, -0.25) is 0 Å². The lowest BCUT2D eigenvalue weighted by Crippen LogP contribution is -2.11. The molecule has 0 aromatic carbocycles. The summed E-state index contributed by atoms with van der Waals surface area (Å²) in [5.41, 5.74) is 1.12. The number of hydrogen-bond acceptors (Lipinski definition) is 2. The smallest absolute Gasteiger partial charge is 0.127 e. The Kier molecular flexibility index (Phi) is 1.57. The SMILES string of the molecule is CNC1=CC=COC1. The number of hydrogen-bond donors (Lipinski definition) is 1. The third-order valence-electron chi connectivity index (χ3n) is 1.03. The van der Waals surface area contributed by atoms with E-state index < -0.39 is 0 Å². The van der Waals surface area contributed by atoms with E-state index in [9.17, 15) is 0 Å². The number of ether oxygens (including phenoxy) is 1. The number of allylic oxidation sites excluding steroid dienone is 2. The first-order valence-electron chi connectivity index (χ1n) is 2.58. The molecule has 0 bridgehead atoms. The summed E-state index contributed by atoms with van der Waals surface area (Å²) in [5, 5.41) is 2.99. The van der Waals surface area contributed by atoms with Crippen LogP contribution in [0.2, 0.25) is 0 Å². The van der Waals surface area contributed by atoms with Crippen LogP contribution in [-0.4, -0.2) is 13.7 Å². The quantitative estimate of drug-likeness (QED) is 0.536. The van der Waals surface area contributed by atoms with Crippen LogP contribution in [0.3, 0.4) is 0 Å². The fourth-order valence-corrected chi connectivity index (χ4v) is 0.552. The molecule has 0 aromatic rings. The molecular weight excluding hydrogens is 102 g/mol. The summed E-state index contributed by atoms with van der Waals surface area (Å²) in [4.78, 5) is 0. The third kappa shape index (κ3) is 1.03. The van der Waals surface area contributed by atoms with Crippen molar-refractivity contribution in [3.63, 3.8) is 0 Å². The van der Waals surface area contributed by atoms with Gasteiger partial charge in [0, 0.05) is 12.7 Å². The third-order valence-corrected chi connectivity index (χ3v) is 1.03. The monoisotopic (exact) mass is 111 g/mol. The fraction of sp³-hybridized carbons (Fsp3) is 0.333. The van der Waals surface area contributed by atoms with E-state index in [0.717, 1.165) is 5.70 Å². The maximum atomic E-state index is 4.96. The minimum atomic E-state index is 0.674. The normalized spacial score (nSPS) is 16.9. The van der Waals surface area contributed by atoms with E-state index in [-0.39, 0.29) is 0 Å². The molecule has 0 unspecified atom stereocenters. The molecule has 0 aromatic heterocycles. The molecule has 0 saturated carbocycles. The molecule has 44 valence electrons. The molecule has 1 rings (SSSR count). The van der Waals surface area contributed by atoms with Crippen molar-refractivity contribution in [2.24, 2.45) is 0 Å². The van der Waals surface area contributed by atoms with Crippen LogP contribution in [-0.2, 0) is 4.74 Å². The van der Waals surface area contributed by atoms with E-state index in [4.69, 9.17) is 4.74 Å².